The van der Waals surface area contributed by atoms with E-state index in [0.29, 0.717) is 24.0 Å². The number of unbranched alkanes of at least 4 members (excludes halogenated alkanes) is 3. The van der Waals surface area contributed by atoms with Gasteiger partial charge in [-0.15, -0.1) is 0 Å². The molecule has 0 N–H and O–H groups in total. The number of rotatable bonds is 20. The van der Waals surface area contributed by atoms with Gasteiger partial charge in [0.25, 0.3) is 0 Å². The van der Waals surface area contributed by atoms with Gasteiger partial charge in [0, 0.05) is 5.57 Å². The molecule has 0 fully saturated rings. The Morgan fingerprint density at radius 1 is 0.719 bits per heavy atom. The molecule has 0 aliphatic heterocycles. The third-order valence-electron chi connectivity index (χ3n) is 6.88. The van der Waals surface area contributed by atoms with Crippen LogP contribution < -0.4 is 0 Å². The molecule has 32 heavy (non-hydrogen) atoms. The van der Waals surface area contributed by atoms with Gasteiger partial charge in [-0.1, -0.05) is 100.0 Å². The maximum absolute atomic E-state index is 11.9. The van der Waals surface area contributed by atoms with Crippen molar-refractivity contribution in [3.63, 3.8) is 0 Å². The van der Waals surface area contributed by atoms with Crippen LogP contribution in [-0.4, -0.2) is 12.6 Å². The molecule has 0 heterocycles. The van der Waals surface area contributed by atoms with Crippen LogP contribution in [0.15, 0.2) is 12.2 Å². The summed E-state index contributed by atoms with van der Waals surface area (Å²) in [6, 6.07) is 0. The molecule has 0 rings (SSSR count). The Kier molecular flexibility index (Phi) is 18.2. The quantitative estimate of drug-likeness (QED) is 0.105. The first-order valence-electron chi connectivity index (χ1n) is 13.9. The highest BCUT2D eigenvalue weighted by Crippen LogP contribution is 2.28. The van der Waals surface area contributed by atoms with Crippen molar-refractivity contribution < 1.29 is 9.53 Å². The highest BCUT2D eigenvalue weighted by molar-refractivity contribution is 5.86. The average molecular weight is 451 g/mol. The Morgan fingerprint density at radius 3 is 1.84 bits per heavy atom. The number of ether oxygens (including phenoxy) is 1. The fourth-order valence-electron chi connectivity index (χ4n) is 5.44. The molecule has 0 spiro atoms. The van der Waals surface area contributed by atoms with E-state index in [1.807, 2.05) is 0 Å². The maximum Gasteiger partial charge on any atom is 0.333 e. The molecule has 2 heteroatoms. The van der Waals surface area contributed by atoms with Crippen LogP contribution in [0.5, 0.6) is 0 Å². The lowest BCUT2D eigenvalue weighted by Gasteiger charge is -2.24. The Hall–Kier alpha value is -0.790. The van der Waals surface area contributed by atoms with Gasteiger partial charge in [0.1, 0.15) is 0 Å². The van der Waals surface area contributed by atoms with Gasteiger partial charge < -0.3 is 4.74 Å². The zero-order chi connectivity index (χ0) is 24.5. The normalized spacial score (nSPS) is 16.4. The highest BCUT2D eigenvalue weighted by Gasteiger charge is 2.19. The first-order valence-corrected chi connectivity index (χ1v) is 13.9. The zero-order valence-electron chi connectivity index (χ0n) is 23.2. The maximum atomic E-state index is 11.9. The average Bonchev–Trinajstić information content (AvgIpc) is 2.67. The fourth-order valence-corrected chi connectivity index (χ4v) is 5.44. The van der Waals surface area contributed by atoms with Crippen molar-refractivity contribution in [3.8, 4) is 0 Å². The largest absolute Gasteiger partial charge is 0.462 e. The van der Waals surface area contributed by atoms with E-state index in [1.165, 1.54) is 70.6 Å². The Balaban J connectivity index is 4.49. The second kappa shape index (κ2) is 18.6. The molecule has 0 aromatic heterocycles. The minimum absolute atomic E-state index is 0.235. The van der Waals surface area contributed by atoms with Gasteiger partial charge in [-0.05, 0) is 74.5 Å². The highest BCUT2D eigenvalue weighted by atomic mass is 16.5. The first kappa shape index (κ1) is 31.2. The zero-order valence-corrected chi connectivity index (χ0v) is 23.2. The van der Waals surface area contributed by atoms with Crippen LogP contribution in [0.25, 0.3) is 0 Å². The lowest BCUT2D eigenvalue weighted by molar-refractivity contribution is -0.140. The van der Waals surface area contributed by atoms with E-state index in [-0.39, 0.29) is 5.97 Å². The summed E-state index contributed by atoms with van der Waals surface area (Å²) in [5.41, 5.74) is 0.504. The standard InChI is InChI=1S/C30H58O2/c1-10-11-12-13-15-25(6)19-26(7)16-14-17-29(22-32-30(31)24(4)5)21-28(9)20-27(8)18-23(2)3/h23,25-29H,4,10-22H2,1-3,5-9H3. The molecule has 0 aromatic carbocycles. The minimum atomic E-state index is -0.235. The lowest BCUT2D eigenvalue weighted by atomic mass is 9.83. The molecule has 0 aliphatic carbocycles. The minimum Gasteiger partial charge on any atom is -0.462 e. The van der Waals surface area contributed by atoms with Crippen molar-refractivity contribution in [2.24, 2.45) is 35.5 Å². The number of esters is 1. The summed E-state index contributed by atoms with van der Waals surface area (Å²) in [6.45, 7) is 22.6. The van der Waals surface area contributed by atoms with E-state index in [0.717, 1.165) is 30.1 Å². The van der Waals surface area contributed by atoms with E-state index in [2.05, 4.69) is 55.0 Å². The van der Waals surface area contributed by atoms with E-state index in [9.17, 15) is 4.79 Å². The Bertz CT molecular complexity index is 481. The van der Waals surface area contributed by atoms with Gasteiger partial charge in [0.05, 0.1) is 6.61 Å². The molecule has 0 saturated heterocycles. The van der Waals surface area contributed by atoms with E-state index in [4.69, 9.17) is 4.74 Å². The molecule has 0 aromatic rings. The van der Waals surface area contributed by atoms with Gasteiger partial charge in [-0.3, -0.25) is 0 Å². The second-order valence-corrected chi connectivity index (χ2v) is 11.8. The van der Waals surface area contributed by atoms with Crippen molar-refractivity contribution in [2.75, 3.05) is 6.61 Å². The van der Waals surface area contributed by atoms with Crippen molar-refractivity contribution in [1.29, 1.82) is 0 Å². The topological polar surface area (TPSA) is 26.3 Å². The van der Waals surface area contributed by atoms with Gasteiger partial charge in [-0.2, -0.15) is 0 Å². The molecule has 2 nitrogen and oxygen atoms in total. The van der Waals surface area contributed by atoms with Crippen molar-refractivity contribution in [1.82, 2.24) is 0 Å². The van der Waals surface area contributed by atoms with Gasteiger partial charge in [0.2, 0.25) is 0 Å². The summed E-state index contributed by atoms with van der Waals surface area (Å²) >= 11 is 0. The summed E-state index contributed by atoms with van der Waals surface area (Å²) in [7, 11) is 0. The summed E-state index contributed by atoms with van der Waals surface area (Å²) in [4.78, 5) is 11.9. The monoisotopic (exact) mass is 450 g/mol. The molecule has 190 valence electrons. The predicted octanol–water partition coefficient (Wildman–Crippen LogP) is 9.62. The molecule has 0 saturated carbocycles. The number of carbonyl (C=O) groups is 1. The lowest BCUT2D eigenvalue weighted by Crippen LogP contribution is -2.18. The molecular formula is C30H58O2. The van der Waals surface area contributed by atoms with Gasteiger partial charge >= 0.3 is 5.97 Å². The van der Waals surface area contributed by atoms with Crippen LogP contribution in [0, 0.1) is 35.5 Å². The number of carbonyl (C=O) groups excluding carboxylic acids is 1. The SMILES string of the molecule is C=C(C)C(=O)OCC(CCCC(C)CC(C)CCCCCC)CC(C)CC(C)CC(C)C. The molecule has 0 aliphatic rings. The summed E-state index contributed by atoms with van der Waals surface area (Å²) in [5.74, 6) is 4.08. The fraction of sp³-hybridized carbons (Fsp3) is 0.900. The smallest absolute Gasteiger partial charge is 0.333 e. The van der Waals surface area contributed by atoms with Crippen molar-refractivity contribution in [2.45, 2.75) is 132 Å². The molecule has 0 radical (unpaired) electrons. The van der Waals surface area contributed by atoms with Crippen molar-refractivity contribution >= 4 is 5.97 Å². The summed E-state index contributed by atoms with van der Waals surface area (Å²) < 4.78 is 5.58. The third-order valence-corrected chi connectivity index (χ3v) is 6.88. The van der Waals surface area contributed by atoms with Gasteiger partial charge in [0.15, 0.2) is 0 Å². The van der Waals surface area contributed by atoms with Gasteiger partial charge in [-0.25, -0.2) is 4.79 Å². The molecule has 5 unspecified atom stereocenters. The van der Waals surface area contributed by atoms with E-state index in [1.54, 1.807) is 6.92 Å². The van der Waals surface area contributed by atoms with Crippen LogP contribution in [0.2, 0.25) is 0 Å². The van der Waals surface area contributed by atoms with Crippen LogP contribution in [0.4, 0.5) is 0 Å². The molecule has 0 amide bonds. The van der Waals surface area contributed by atoms with Crippen LogP contribution in [-0.2, 0) is 9.53 Å². The van der Waals surface area contributed by atoms with Crippen LogP contribution in [0.3, 0.4) is 0 Å². The Morgan fingerprint density at radius 2 is 1.28 bits per heavy atom. The summed E-state index contributed by atoms with van der Waals surface area (Å²) in [6.07, 6.45) is 15.7. The predicted molar refractivity (Wildman–Crippen MR) is 142 cm³/mol. The first-order chi connectivity index (χ1) is 15.0. The molecule has 0 bridgehead atoms. The van der Waals surface area contributed by atoms with E-state index >= 15 is 0 Å². The Labute approximate surface area is 202 Å². The van der Waals surface area contributed by atoms with E-state index < -0.39 is 0 Å². The van der Waals surface area contributed by atoms with Crippen LogP contribution >= 0.6 is 0 Å². The van der Waals surface area contributed by atoms with Crippen molar-refractivity contribution in [3.05, 3.63) is 12.2 Å². The second-order valence-electron chi connectivity index (χ2n) is 11.8. The number of hydrogen-bond acceptors (Lipinski definition) is 2. The summed E-state index contributed by atoms with van der Waals surface area (Å²) in [5, 5.41) is 0. The molecular weight excluding hydrogens is 392 g/mol. The van der Waals surface area contributed by atoms with Crippen LogP contribution in [0.1, 0.15) is 132 Å². The third kappa shape index (κ3) is 17.7. The number of hydrogen-bond donors (Lipinski definition) is 0. The molecule has 5 atom stereocenters.